The number of aromatic nitrogens is 2. The summed E-state index contributed by atoms with van der Waals surface area (Å²) in [6, 6.07) is 14.5. The Balaban J connectivity index is 1.42. The normalized spacial score (nSPS) is 14.5. The van der Waals surface area contributed by atoms with Gasteiger partial charge in [0.15, 0.2) is 5.15 Å². The summed E-state index contributed by atoms with van der Waals surface area (Å²) >= 11 is 12.9. The number of rotatable bonds is 10. The number of nitrogens with one attached hydrogen (secondary N) is 1. The first-order valence-electron chi connectivity index (χ1n) is 12.3. The summed E-state index contributed by atoms with van der Waals surface area (Å²) in [5.74, 6) is 1.13. The Hall–Kier alpha value is -3.07. The maximum Gasteiger partial charge on any atom is 0.257 e. The molecule has 0 bridgehead atoms. The van der Waals surface area contributed by atoms with Crippen molar-refractivity contribution in [2.75, 3.05) is 6.61 Å². The molecular weight excluding hydrogens is 545 g/mol. The quantitative estimate of drug-likeness (QED) is 0.290. The molecule has 1 heterocycles. The van der Waals surface area contributed by atoms with E-state index < -0.39 is 15.9 Å². The lowest BCUT2D eigenvalue weighted by molar-refractivity contribution is -0.114. The van der Waals surface area contributed by atoms with E-state index in [-0.39, 0.29) is 5.15 Å². The molecule has 2 aromatic carbocycles. The van der Waals surface area contributed by atoms with Crippen molar-refractivity contribution < 1.29 is 17.9 Å². The van der Waals surface area contributed by atoms with Crippen LogP contribution in [0.4, 0.5) is 0 Å². The standard InChI is InChI=1S/C28H29Cl2N3O4S/c1-20-31-28(30)26(13-14-27(34)32-38(35,36)16-15-21-7-3-2-4-8-21)33(20)18-23-11-12-24(17-25(23)29)37-19-22-9-5-6-10-22/h2-4,7-8,11-17,22H,5-6,9-10,18-19H2,1H3,(H,32,34). The topological polar surface area (TPSA) is 90.3 Å². The Labute approximate surface area is 233 Å². The molecule has 0 aliphatic heterocycles. The van der Waals surface area contributed by atoms with E-state index >= 15 is 0 Å². The molecule has 38 heavy (non-hydrogen) atoms. The average Bonchev–Trinajstić information content (AvgIpc) is 3.49. The van der Waals surface area contributed by atoms with Crippen LogP contribution in [0.1, 0.15) is 48.3 Å². The van der Waals surface area contributed by atoms with Gasteiger partial charge in [0, 0.05) is 11.1 Å². The summed E-state index contributed by atoms with van der Waals surface area (Å²) < 4.78 is 34.3. The smallest absolute Gasteiger partial charge is 0.257 e. The Bertz CT molecular complexity index is 1440. The summed E-state index contributed by atoms with van der Waals surface area (Å²) in [4.78, 5) is 16.7. The predicted octanol–water partition coefficient (Wildman–Crippen LogP) is 6.25. The highest BCUT2D eigenvalue weighted by Gasteiger charge is 2.17. The largest absolute Gasteiger partial charge is 0.493 e. The maximum atomic E-state index is 12.4. The Morgan fingerprint density at radius 3 is 2.58 bits per heavy atom. The molecule has 1 aromatic heterocycles. The Morgan fingerprint density at radius 1 is 1.13 bits per heavy atom. The highest BCUT2D eigenvalue weighted by molar-refractivity contribution is 7.93. The molecule has 1 aliphatic rings. The number of benzene rings is 2. The molecule has 1 saturated carbocycles. The Kier molecular flexibility index (Phi) is 9.31. The third kappa shape index (κ3) is 7.72. The Morgan fingerprint density at radius 2 is 1.87 bits per heavy atom. The second-order valence-corrected chi connectivity index (χ2v) is 11.5. The average molecular weight is 575 g/mol. The van der Waals surface area contributed by atoms with Crippen LogP contribution in [0, 0.1) is 12.8 Å². The molecule has 10 heteroatoms. The van der Waals surface area contributed by atoms with Gasteiger partial charge in [0.25, 0.3) is 15.9 Å². The number of carbonyl (C=O) groups is 1. The van der Waals surface area contributed by atoms with Gasteiger partial charge in [-0.25, -0.2) is 18.1 Å². The molecule has 3 aromatic rings. The van der Waals surface area contributed by atoms with Crippen molar-refractivity contribution in [2.45, 2.75) is 39.2 Å². The number of carbonyl (C=O) groups excluding carboxylic acids is 1. The minimum Gasteiger partial charge on any atom is -0.493 e. The molecule has 0 radical (unpaired) electrons. The van der Waals surface area contributed by atoms with Crippen molar-refractivity contribution in [3.8, 4) is 5.75 Å². The van der Waals surface area contributed by atoms with Crippen molar-refractivity contribution in [1.29, 1.82) is 0 Å². The zero-order chi connectivity index (χ0) is 27.1. The van der Waals surface area contributed by atoms with Crippen molar-refractivity contribution in [3.63, 3.8) is 0 Å². The number of hydrogen-bond acceptors (Lipinski definition) is 5. The fourth-order valence-corrected chi connectivity index (χ4v) is 5.58. The molecular formula is C28H29Cl2N3O4S. The van der Waals surface area contributed by atoms with Gasteiger partial charge in [0.1, 0.15) is 11.6 Å². The van der Waals surface area contributed by atoms with E-state index in [9.17, 15) is 13.2 Å². The summed E-state index contributed by atoms with van der Waals surface area (Å²) in [6.07, 6.45) is 8.88. The first kappa shape index (κ1) is 28.0. The van der Waals surface area contributed by atoms with Crippen LogP contribution in [0.2, 0.25) is 10.2 Å². The molecule has 0 unspecified atom stereocenters. The fourth-order valence-electron chi connectivity index (χ4n) is 4.31. The SMILES string of the molecule is Cc1nc(Cl)c(C=CC(=O)NS(=O)(=O)C=Cc2ccccc2)n1Cc1ccc(OCC2CCCC2)cc1Cl. The number of ether oxygens (including phenoxy) is 1. The van der Waals surface area contributed by atoms with Gasteiger partial charge in [-0.15, -0.1) is 0 Å². The summed E-state index contributed by atoms with van der Waals surface area (Å²) in [6.45, 7) is 2.84. The van der Waals surface area contributed by atoms with Crippen LogP contribution in [0.5, 0.6) is 5.75 Å². The molecule has 0 atom stereocenters. The number of hydrogen-bond donors (Lipinski definition) is 1. The van der Waals surface area contributed by atoms with Crippen LogP contribution in [0.25, 0.3) is 12.2 Å². The molecule has 4 rings (SSSR count). The summed E-state index contributed by atoms with van der Waals surface area (Å²) in [7, 11) is -3.98. The van der Waals surface area contributed by atoms with Crippen molar-refractivity contribution >= 4 is 51.3 Å². The maximum absolute atomic E-state index is 12.4. The molecule has 7 nitrogen and oxygen atoms in total. The lowest BCUT2D eigenvalue weighted by Gasteiger charge is -2.14. The number of nitrogens with zero attached hydrogens (tertiary/aromatic N) is 2. The van der Waals surface area contributed by atoms with E-state index in [4.69, 9.17) is 27.9 Å². The number of imidazole rings is 1. The van der Waals surface area contributed by atoms with E-state index in [1.165, 1.54) is 37.8 Å². The number of halogens is 2. The van der Waals surface area contributed by atoms with Crippen LogP contribution in [-0.4, -0.2) is 30.5 Å². The number of sulfonamides is 1. The van der Waals surface area contributed by atoms with Gasteiger partial charge in [-0.2, -0.15) is 0 Å². The van der Waals surface area contributed by atoms with Gasteiger partial charge >= 0.3 is 0 Å². The second kappa shape index (κ2) is 12.7. The highest BCUT2D eigenvalue weighted by atomic mass is 35.5. The van der Waals surface area contributed by atoms with Crippen molar-refractivity contribution in [2.24, 2.45) is 5.92 Å². The predicted molar refractivity (Wildman–Crippen MR) is 152 cm³/mol. The minimum atomic E-state index is -3.98. The molecule has 200 valence electrons. The molecule has 1 amide bonds. The van der Waals surface area contributed by atoms with E-state index in [2.05, 4.69) is 4.98 Å². The van der Waals surface area contributed by atoms with Gasteiger partial charge in [-0.05, 0) is 61.1 Å². The van der Waals surface area contributed by atoms with Crippen LogP contribution in [0.3, 0.4) is 0 Å². The number of amides is 1. The number of aryl methyl sites for hydroxylation is 1. The van der Waals surface area contributed by atoms with Gasteiger partial charge in [0.05, 0.1) is 24.3 Å². The lowest BCUT2D eigenvalue weighted by Crippen LogP contribution is -2.26. The third-order valence-electron chi connectivity index (χ3n) is 6.34. The first-order chi connectivity index (χ1) is 18.2. The fraction of sp³-hybridized carbons (Fsp3) is 0.286. The molecule has 1 aliphatic carbocycles. The van der Waals surface area contributed by atoms with E-state index in [1.807, 2.05) is 22.9 Å². The van der Waals surface area contributed by atoms with Crippen LogP contribution in [0.15, 0.2) is 60.0 Å². The van der Waals surface area contributed by atoms with Crippen LogP contribution in [-0.2, 0) is 21.4 Å². The molecule has 0 spiro atoms. The second-order valence-electron chi connectivity index (χ2n) is 9.19. The lowest BCUT2D eigenvalue weighted by atomic mass is 10.1. The van der Waals surface area contributed by atoms with Crippen LogP contribution >= 0.6 is 23.2 Å². The zero-order valence-electron chi connectivity index (χ0n) is 20.9. The van der Waals surface area contributed by atoms with Crippen molar-refractivity contribution in [1.82, 2.24) is 14.3 Å². The summed E-state index contributed by atoms with van der Waals surface area (Å²) in [5.41, 5.74) is 1.97. The van der Waals surface area contributed by atoms with E-state index in [0.29, 0.717) is 41.2 Å². The van der Waals surface area contributed by atoms with Gasteiger partial charge < -0.3 is 9.30 Å². The van der Waals surface area contributed by atoms with E-state index in [0.717, 1.165) is 22.8 Å². The van der Waals surface area contributed by atoms with Crippen LogP contribution < -0.4 is 9.46 Å². The highest BCUT2D eigenvalue weighted by Crippen LogP contribution is 2.29. The summed E-state index contributed by atoms with van der Waals surface area (Å²) in [5, 5.41) is 1.67. The molecule has 1 N–H and O–H groups in total. The molecule has 0 saturated heterocycles. The van der Waals surface area contributed by atoms with Gasteiger partial charge in [-0.3, -0.25) is 4.79 Å². The zero-order valence-corrected chi connectivity index (χ0v) is 23.3. The third-order valence-corrected chi connectivity index (χ3v) is 7.95. The van der Waals surface area contributed by atoms with Gasteiger partial charge in [-0.1, -0.05) is 72.4 Å². The minimum absolute atomic E-state index is 0.186. The molecule has 1 fully saturated rings. The first-order valence-corrected chi connectivity index (χ1v) is 14.6. The van der Waals surface area contributed by atoms with E-state index in [1.54, 1.807) is 41.8 Å². The van der Waals surface area contributed by atoms with Gasteiger partial charge in [0.2, 0.25) is 0 Å². The monoisotopic (exact) mass is 573 g/mol. The van der Waals surface area contributed by atoms with Crippen molar-refractivity contribution in [3.05, 3.63) is 92.8 Å².